The molecule has 160 valence electrons. The Kier molecular flexibility index (Phi) is 5.90. The molecule has 4 rings (SSSR count). The summed E-state index contributed by atoms with van der Waals surface area (Å²) in [7, 11) is 3.03. The average Bonchev–Trinajstić information content (AvgIpc) is 3.44. The van der Waals surface area contributed by atoms with Gasteiger partial charge in [0.2, 0.25) is 5.91 Å². The van der Waals surface area contributed by atoms with E-state index >= 15 is 0 Å². The van der Waals surface area contributed by atoms with Crippen molar-refractivity contribution in [3.63, 3.8) is 0 Å². The quantitative estimate of drug-likeness (QED) is 0.619. The standard InChI is InChI=1S/C23H23N3O4S/c1-4-20(27)26-11-10-15-12-14(8-9-18(15)26)17-13-31-23(24-17)25-22(28)16-6-5-7-19(29-2)21(16)30-3/h5-9,12-13H,4,10-11H2,1-3H3,(H,24,25,28). The molecule has 0 unspecified atom stereocenters. The first-order valence-electron chi connectivity index (χ1n) is 9.97. The molecule has 0 atom stereocenters. The molecule has 0 bridgehead atoms. The van der Waals surface area contributed by atoms with Gasteiger partial charge >= 0.3 is 0 Å². The minimum absolute atomic E-state index is 0.137. The Morgan fingerprint density at radius 1 is 1.19 bits per heavy atom. The third kappa shape index (κ3) is 3.98. The maximum Gasteiger partial charge on any atom is 0.261 e. The highest BCUT2D eigenvalue weighted by Crippen LogP contribution is 2.35. The van der Waals surface area contributed by atoms with Gasteiger partial charge in [-0.15, -0.1) is 11.3 Å². The summed E-state index contributed by atoms with van der Waals surface area (Å²) in [5.74, 6) is 0.685. The third-order valence-corrected chi connectivity index (χ3v) is 6.00. The largest absolute Gasteiger partial charge is 0.493 e. The smallest absolute Gasteiger partial charge is 0.261 e. The van der Waals surface area contributed by atoms with Crippen LogP contribution in [-0.4, -0.2) is 37.6 Å². The van der Waals surface area contributed by atoms with Crippen LogP contribution in [0.5, 0.6) is 11.5 Å². The van der Waals surface area contributed by atoms with E-state index in [4.69, 9.17) is 9.47 Å². The van der Waals surface area contributed by atoms with Gasteiger partial charge in [-0.25, -0.2) is 4.98 Å². The topological polar surface area (TPSA) is 80.8 Å². The molecule has 1 aromatic heterocycles. The predicted molar refractivity (Wildman–Crippen MR) is 121 cm³/mol. The first-order chi connectivity index (χ1) is 15.0. The number of methoxy groups -OCH3 is 2. The van der Waals surface area contributed by atoms with E-state index in [0.29, 0.717) is 35.2 Å². The molecule has 2 amide bonds. The van der Waals surface area contributed by atoms with E-state index in [2.05, 4.69) is 16.4 Å². The van der Waals surface area contributed by atoms with Crippen LogP contribution in [0.25, 0.3) is 11.3 Å². The lowest BCUT2D eigenvalue weighted by atomic mass is 10.1. The SMILES string of the molecule is CCC(=O)N1CCc2cc(-c3csc(NC(=O)c4cccc(OC)c4OC)n3)ccc21. The van der Waals surface area contributed by atoms with Crippen molar-refractivity contribution in [2.75, 3.05) is 31.0 Å². The monoisotopic (exact) mass is 437 g/mol. The Morgan fingerprint density at radius 3 is 2.77 bits per heavy atom. The normalized spacial score (nSPS) is 12.4. The lowest BCUT2D eigenvalue weighted by Crippen LogP contribution is -2.27. The molecule has 0 saturated heterocycles. The number of para-hydroxylation sites is 1. The molecule has 31 heavy (non-hydrogen) atoms. The summed E-state index contributed by atoms with van der Waals surface area (Å²) in [6.07, 6.45) is 1.33. The van der Waals surface area contributed by atoms with Crippen LogP contribution in [0.2, 0.25) is 0 Å². The van der Waals surface area contributed by atoms with E-state index in [1.807, 2.05) is 29.3 Å². The lowest BCUT2D eigenvalue weighted by Gasteiger charge is -2.16. The summed E-state index contributed by atoms with van der Waals surface area (Å²) in [5, 5.41) is 5.24. The number of hydrogen-bond acceptors (Lipinski definition) is 6. The molecular weight excluding hydrogens is 414 g/mol. The number of fused-ring (bicyclic) bond motifs is 1. The summed E-state index contributed by atoms with van der Waals surface area (Å²) in [6.45, 7) is 2.59. The second kappa shape index (κ2) is 8.77. The fraction of sp³-hybridized carbons (Fsp3) is 0.261. The maximum atomic E-state index is 12.8. The number of nitrogens with one attached hydrogen (secondary N) is 1. The molecule has 0 spiro atoms. The van der Waals surface area contributed by atoms with Crippen LogP contribution in [-0.2, 0) is 11.2 Å². The molecule has 3 aromatic rings. The molecule has 0 radical (unpaired) electrons. The Balaban J connectivity index is 1.53. The van der Waals surface area contributed by atoms with Crippen LogP contribution < -0.4 is 19.7 Å². The van der Waals surface area contributed by atoms with Crippen molar-refractivity contribution in [2.45, 2.75) is 19.8 Å². The molecule has 1 N–H and O–H groups in total. The molecule has 2 heterocycles. The van der Waals surface area contributed by atoms with Crippen molar-refractivity contribution in [2.24, 2.45) is 0 Å². The summed E-state index contributed by atoms with van der Waals surface area (Å²) in [5.41, 5.74) is 4.22. The summed E-state index contributed by atoms with van der Waals surface area (Å²) in [6, 6.07) is 11.2. The van der Waals surface area contributed by atoms with Gasteiger partial charge in [0, 0.05) is 29.6 Å². The highest BCUT2D eigenvalue weighted by Gasteiger charge is 2.24. The van der Waals surface area contributed by atoms with Gasteiger partial charge in [-0.2, -0.15) is 0 Å². The van der Waals surface area contributed by atoms with E-state index in [1.54, 1.807) is 18.2 Å². The zero-order valence-corrected chi connectivity index (χ0v) is 18.4. The Labute approximate surface area is 184 Å². The predicted octanol–water partition coefficient (Wildman–Crippen LogP) is 4.38. The van der Waals surface area contributed by atoms with Crippen molar-refractivity contribution in [3.05, 3.63) is 52.9 Å². The molecule has 1 aliphatic heterocycles. The average molecular weight is 438 g/mol. The van der Waals surface area contributed by atoms with E-state index in [-0.39, 0.29) is 11.8 Å². The number of carbonyl (C=O) groups excluding carboxylic acids is 2. The minimum Gasteiger partial charge on any atom is -0.493 e. The Hall–Kier alpha value is -3.39. The van der Waals surface area contributed by atoms with Crippen LogP contribution in [0.3, 0.4) is 0 Å². The van der Waals surface area contributed by atoms with Gasteiger partial charge in [-0.1, -0.05) is 19.1 Å². The molecule has 0 saturated carbocycles. The van der Waals surface area contributed by atoms with Crippen LogP contribution in [0.4, 0.5) is 10.8 Å². The molecule has 8 heteroatoms. The van der Waals surface area contributed by atoms with E-state index in [1.165, 1.54) is 25.6 Å². The van der Waals surface area contributed by atoms with Crippen LogP contribution in [0, 0.1) is 0 Å². The number of benzene rings is 2. The summed E-state index contributed by atoms with van der Waals surface area (Å²) < 4.78 is 10.6. The zero-order valence-electron chi connectivity index (χ0n) is 17.6. The van der Waals surface area contributed by atoms with E-state index in [9.17, 15) is 9.59 Å². The molecule has 2 aromatic carbocycles. The number of anilines is 2. The van der Waals surface area contributed by atoms with Gasteiger partial charge < -0.3 is 14.4 Å². The van der Waals surface area contributed by atoms with E-state index < -0.39 is 0 Å². The van der Waals surface area contributed by atoms with Gasteiger partial charge in [-0.3, -0.25) is 14.9 Å². The second-order valence-corrected chi connectivity index (χ2v) is 7.88. The van der Waals surface area contributed by atoms with E-state index in [0.717, 1.165) is 28.9 Å². The third-order valence-electron chi connectivity index (χ3n) is 5.25. The molecule has 1 aliphatic rings. The van der Waals surface area contributed by atoms with Crippen LogP contribution in [0.1, 0.15) is 29.3 Å². The number of carbonyl (C=O) groups is 2. The van der Waals surface area contributed by atoms with Crippen molar-refractivity contribution >= 4 is 34.0 Å². The molecule has 7 nitrogen and oxygen atoms in total. The van der Waals surface area contributed by atoms with Gasteiger partial charge in [0.25, 0.3) is 5.91 Å². The molecular formula is C23H23N3O4S. The van der Waals surface area contributed by atoms with Gasteiger partial charge in [0.15, 0.2) is 16.6 Å². The van der Waals surface area contributed by atoms with Crippen molar-refractivity contribution in [1.29, 1.82) is 0 Å². The first-order valence-corrected chi connectivity index (χ1v) is 10.8. The Morgan fingerprint density at radius 2 is 2.03 bits per heavy atom. The minimum atomic E-state index is -0.320. The molecule has 0 aliphatic carbocycles. The lowest BCUT2D eigenvalue weighted by molar-refractivity contribution is -0.118. The summed E-state index contributed by atoms with van der Waals surface area (Å²) in [4.78, 5) is 31.3. The number of amides is 2. The van der Waals surface area contributed by atoms with Crippen LogP contribution >= 0.6 is 11.3 Å². The number of hydrogen-bond donors (Lipinski definition) is 1. The number of thiazole rings is 1. The number of aromatic nitrogens is 1. The number of rotatable bonds is 6. The van der Waals surface area contributed by atoms with Gasteiger partial charge in [0.05, 0.1) is 25.5 Å². The highest BCUT2D eigenvalue weighted by atomic mass is 32.1. The fourth-order valence-electron chi connectivity index (χ4n) is 3.71. The number of ether oxygens (including phenoxy) is 2. The first kappa shape index (κ1) is 20.9. The molecule has 0 fully saturated rings. The highest BCUT2D eigenvalue weighted by molar-refractivity contribution is 7.14. The number of nitrogens with zero attached hydrogens (tertiary/aromatic N) is 2. The fourth-order valence-corrected chi connectivity index (χ4v) is 4.42. The van der Waals surface area contributed by atoms with Gasteiger partial charge in [-0.05, 0) is 36.2 Å². The van der Waals surface area contributed by atoms with Crippen molar-refractivity contribution in [3.8, 4) is 22.8 Å². The zero-order chi connectivity index (χ0) is 22.0. The van der Waals surface area contributed by atoms with Crippen molar-refractivity contribution in [1.82, 2.24) is 4.98 Å². The van der Waals surface area contributed by atoms with Crippen LogP contribution in [0.15, 0.2) is 41.8 Å². The van der Waals surface area contributed by atoms with Crippen molar-refractivity contribution < 1.29 is 19.1 Å². The second-order valence-electron chi connectivity index (χ2n) is 7.03. The van der Waals surface area contributed by atoms with Gasteiger partial charge in [0.1, 0.15) is 0 Å². The maximum absolute atomic E-state index is 12.8. The Bertz CT molecular complexity index is 1140. The summed E-state index contributed by atoms with van der Waals surface area (Å²) >= 11 is 1.35.